The van der Waals surface area contributed by atoms with Crippen LogP contribution in [0.1, 0.15) is 6.92 Å². The lowest BCUT2D eigenvalue weighted by molar-refractivity contribution is 1.01. The second-order valence-electron chi connectivity index (χ2n) is 19.2. The van der Waals surface area contributed by atoms with Crippen molar-refractivity contribution in [3.8, 4) is 39.3 Å². The zero-order chi connectivity index (χ0) is 51.1. The summed E-state index contributed by atoms with van der Waals surface area (Å²) >= 11 is 0. The van der Waals surface area contributed by atoms with E-state index in [0.717, 1.165) is 111 Å². The summed E-state index contributed by atoms with van der Waals surface area (Å²) in [5.74, 6) is 0. The number of allylic oxidation sites excluding steroid dienone is 2. The lowest BCUT2D eigenvalue weighted by Crippen LogP contribution is -2.27. The van der Waals surface area contributed by atoms with Crippen LogP contribution in [-0.2, 0) is 0 Å². The number of H-pyrrole nitrogens is 1. The van der Waals surface area contributed by atoms with Gasteiger partial charge in [0.2, 0.25) is 0 Å². The summed E-state index contributed by atoms with van der Waals surface area (Å²) in [5.41, 5.74) is 17.1. The van der Waals surface area contributed by atoms with Gasteiger partial charge in [-0.15, -0.1) is 6.58 Å². The Morgan fingerprint density at radius 1 is 0.526 bits per heavy atom. The van der Waals surface area contributed by atoms with Gasteiger partial charge in [0.05, 0.1) is 33.3 Å². The molecular formula is C70H52N6. The summed E-state index contributed by atoms with van der Waals surface area (Å²) in [6.45, 7) is 11.5. The number of nitrogens with one attached hydrogen (secondary N) is 1. The Morgan fingerprint density at radius 3 is 1.89 bits per heavy atom. The average molecular weight is 977 g/mol. The summed E-state index contributed by atoms with van der Waals surface area (Å²) in [6.07, 6.45) is 6.32. The third-order valence-corrected chi connectivity index (χ3v) is 14.6. The highest BCUT2D eigenvalue weighted by Crippen LogP contribution is 2.41. The number of anilines is 4. The summed E-state index contributed by atoms with van der Waals surface area (Å²) in [4.78, 5) is 19.4. The van der Waals surface area contributed by atoms with Gasteiger partial charge < -0.3 is 19.4 Å². The molecular weight excluding hydrogens is 925 g/mol. The lowest BCUT2D eigenvalue weighted by Gasteiger charge is -2.26. The highest BCUT2D eigenvalue weighted by Gasteiger charge is 2.20. The van der Waals surface area contributed by atoms with E-state index in [-0.39, 0.29) is 0 Å². The second kappa shape index (κ2) is 19.4. The van der Waals surface area contributed by atoms with E-state index in [1.54, 1.807) is 0 Å². The molecule has 0 aliphatic carbocycles. The molecule has 13 rings (SSSR count). The first kappa shape index (κ1) is 45.8. The Bertz CT molecular complexity index is 4470. The van der Waals surface area contributed by atoms with Crippen LogP contribution in [0.5, 0.6) is 0 Å². The number of fused-ring (bicyclic) bond motifs is 6. The molecule has 0 aliphatic heterocycles. The maximum atomic E-state index is 5.65. The largest absolute Gasteiger partial charge is 0.355 e. The first-order chi connectivity index (χ1) is 37.5. The van der Waals surface area contributed by atoms with E-state index in [1.807, 2.05) is 12.1 Å². The van der Waals surface area contributed by atoms with Crippen molar-refractivity contribution in [1.29, 1.82) is 0 Å². The van der Waals surface area contributed by atoms with Gasteiger partial charge >= 0.3 is 0 Å². The van der Waals surface area contributed by atoms with Gasteiger partial charge in [-0.1, -0.05) is 164 Å². The number of hydrogen-bond acceptors (Lipinski definition) is 4. The summed E-state index contributed by atoms with van der Waals surface area (Å²) in [7, 11) is 0. The second-order valence-corrected chi connectivity index (χ2v) is 19.2. The maximum absolute atomic E-state index is 5.65. The third kappa shape index (κ3) is 8.19. The molecule has 0 bridgehead atoms. The van der Waals surface area contributed by atoms with Gasteiger partial charge in [-0.3, -0.25) is 0 Å². The molecule has 13 aromatic rings. The van der Waals surface area contributed by atoms with E-state index >= 15 is 0 Å². The molecule has 0 spiro atoms. The van der Waals surface area contributed by atoms with Crippen LogP contribution in [0.3, 0.4) is 0 Å². The van der Waals surface area contributed by atoms with Gasteiger partial charge in [-0.05, 0) is 120 Å². The lowest BCUT2D eigenvalue weighted by atomic mass is 9.96. The molecule has 6 nitrogen and oxygen atoms in total. The normalized spacial score (nSPS) is 12.1. The van der Waals surface area contributed by atoms with Crippen LogP contribution in [0.4, 0.5) is 22.7 Å². The number of aromatic amines is 1. The number of nitrogens with zero attached hydrogens (tertiary/aromatic N) is 5. The van der Waals surface area contributed by atoms with Crippen molar-refractivity contribution in [2.75, 3.05) is 16.3 Å². The van der Waals surface area contributed by atoms with Gasteiger partial charge in [0, 0.05) is 89.8 Å². The van der Waals surface area contributed by atoms with Crippen LogP contribution in [0.15, 0.2) is 261 Å². The molecule has 0 unspecified atom stereocenters. The molecule has 0 aliphatic rings. The van der Waals surface area contributed by atoms with Crippen molar-refractivity contribution < 1.29 is 0 Å². The molecule has 1 N–H and O–H groups in total. The number of para-hydroxylation sites is 5. The SMILES string of the molecule is C=CCN(/C(C)=C/C=c1\c(=C)c2ccccc2n1-c1ccccc1)c1ccc(-c2nc3cccc(-c4cccc5ccccc45)c3nc2-c2ccc(N(c3ccccc3)c3ccc4[nH]c5ccccc5c4c3)cc2)cc1. The van der Waals surface area contributed by atoms with E-state index < -0.39 is 0 Å². The molecule has 3 aromatic heterocycles. The van der Waals surface area contributed by atoms with Crippen molar-refractivity contribution in [3.05, 3.63) is 272 Å². The van der Waals surface area contributed by atoms with Gasteiger partial charge in [-0.2, -0.15) is 0 Å². The topological polar surface area (TPSA) is 53.0 Å². The van der Waals surface area contributed by atoms with E-state index in [2.05, 4.69) is 282 Å². The first-order valence-corrected chi connectivity index (χ1v) is 25.8. The van der Waals surface area contributed by atoms with Crippen LogP contribution in [0.2, 0.25) is 0 Å². The van der Waals surface area contributed by atoms with Crippen molar-refractivity contribution in [1.82, 2.24) is 19.5 Å². The van der Waals surface area contributed by atoms with Crippen molar-refractivity contribution >= 4 is 89.9 Å². The Hall–Kier alpha value is -10.0. The minimum absolute atomic E-state index is 0.619. The van der Waals surface area contributed by atoms with Crippen LogP contribution in [0.25, 0.3) is 106 Å². The average Bonchev–Trinajstić information content (AvgIpc) is 4.03. The molecule has 0 fully saturated rings. The van der Waals surface area contributed by atoms with Crippen LogP contribution >= 0.6 is 0 Å². The Kier molecular flexibility index (Phi) is 11.7. The molecule has 362 valence electrons. The van der Waals surface area contributed by atoms with Crippen LogP contribution in [0, 0.1) is 0 Å². The molecule has 0 saturated carbocycles. The fourth-order valence-electron chi connectivity index (χ4n) is 11.0. The summed E-state index contributed by atoms with van der Waals surface area (Å²) in [5, 5.41) is 7.90. The van der Waals surface area contributed by atoms with Gasteiger partial charge in [0.15, 0.2) is 0 Å². The van der Waals surface area contributed by atoms with Crippen LogP contribution < -0.4 is 20.4 Å². The fourth-order valence-corrected chi connectivity index (χ4v) is 11.0. The molecule has 10 aromatic carbocycles. The van der Waals surface area contributed by atoms with Crippen molar-refractivity contribution in [2.24, 2.45) is 0 Å². The highest BCUT2D eigenvalue weighted by atomic mass is 15.1. The number of aromatic nitrogens is 4. The van der Waals surface area contributed by atoms with Crippen molar-refractivity contribution in [2.45, 2.75) is 6.92 Å². The molecule has 0 amide bonds. The monoisotopic (exact) mass is 976 g/mol. The fraction of sp³-hybridized carbons (Fsp3) is 0.0286. The van der Waals surface area contributed by atoms with Gasteiger partial charge in [0.1, 0.15) is 0 Å². The Balaban J connectivity index is 0.921. The zero-order valence-electron chi connectivity index (χ0n) is 42.1. The molecule has 0 saturated heterocycles. The van der Waals surface area contributed by atoms with E-state index in [1.165, 1.54) is 21.5 Å². The van der Waals surface area contributed by atoms with Gasteiger partial charge in [-0.25, -0.2) is 9.97 Å². The molecule has 3 heterocycles. The smallest absolute Gasteiger partial charge is 0.0973 e. The van der Waals surface area contributed by atoms with Crippen LogP contribution in [-0.4, -0.2) is 26.1 Å². The minimum atomic E-state index is 0.619. The first-order valence-electron chi connectivity index (χ1n) is 25.8. The quantitative estimate of drug-likeness (QED) is 0.124. The van der Waals surface area contributed by atoms with E-state index in [0.29, 0.717) is 6.54 Å². The summed E-state index contributed by atoms with van der Waals surface area (Å²) in [6, 6.07) is 83.5. The number of rotatable bonds is 12. The molecule has 0 atom stereocenters. The number of hydrogen-bond donors (Lipinski definition) is 1. The Labute approximate surface area is 441 Å². The van der Waals surface area contributed by atoms with E-state index in [4.69, 9.17) is 9.97 Å². The van der Waals surface area contributed by atoms with Crippen molar-refractivity contribution in [3.63, 3.8) is 0 Å². The predicted molar refractivity (Wildman–Crippen MR) is 321 cm³/mol. The van der Waals surface area contributed by atoms with E-state index in [9.17, 15) is 0 Å². The maximum Gasteiger partial charge on any atom is 0.0973 e. The predicted octanol–water partition coefficient (Wildman–Crippen LogP) is 16.6. The number of benzene rings is 10. The Morgan fingerprint density at radius 2 is 1.12 bits per heavy atom. The third-order valence-electron chi connectivity index (χ3n) is 14.6. The zero-order valence-corrected chi connectivity index (χ0v) is 42.1. The standard InChI is InChI=1S/C70H52N6/c1-4-45-74(47(2)33-44-66-48(3)57-25-14-16-32-67(57)76(66)54-23-9-6-10-24-54)52-38-34-50(35-39-52)68-69(73-70-61(29-18-31-65(70)72-68)59-28-17-20-49-19-11-12-26-58(49)59)51-36-40-55(41-37-51)75(53-21-7-5-8-22-53)56-42-43-64-62(46-56)60-27-13-15-30-63(60)71-64/h4-44,46,71H,1,3,45H2,2H3/b47-33+,66-44+. The highest BCUT2D eigenvalue weighted by molar-refractivity contribution is 6.09. The molecule has 0 radical (unpaired) electrons. The minimum Gasteiger partial charge on any atom is -0.355 e. The van der Waals surface area contributed by atoms with Gasteiger partial charge in [0.25, 0.3) is 0 Å². The summed E-state index contributed by atoms with van der Waals surface area (Å²) < 4.78 is 2.29. The molecule has 6 heteroatoms. The molecule has 76 heavy (non-hydrogen) atoms.